The van der Waals surface area contributed by atoms with E-state index in [1.54, 1.807) is 7.11 Å². The van der Waals surface area contributed by atoms with Crippen molar-refractivity contribution >= 4 is 15.9 Å². The van der Waals surface area contributed by atoms with Crippen molar-refractivity contribution < 1.29 is 13.9 Å². The number of rotatable bonds is 4. The van der Waals surface area contributed by atoms with Crippen molar-refractivity contribution in [2.75, 3.05) is 20.8 Å². The van der Waals surface area contributed by atoms with Crippen LogP contribution in [0, 0.1) is 5.82 Å². The highest BCUT2D eigenvalue weighted by Crippen LogP contribution is 2.52. The Labute approximate surface area is 115 Å². The molecule has 1 fully saturated rings. The summed E-state index contributed by atoms with van der Waals surface area (Å²) in [6, 6.07) is 1.33. The van der Waals surface area contributed by atoms with Gasteiger partial charge in [0, 0.05) is 23.6 Å². The van der Waals surface area contributed by atoms with Crippen molar-refractivity contribution in [3.05, 3.63) is 21.9 Å². The van der Waals surface area contributed by atoms with Crippen molar-refractivity contribution in [1.29, 1.82) is 0 Å². The molecule has 3 nitrogen and oxygen atoms in total. The minimum Gasteiger partial charge on any atom is -0.493 e. The van der Waals surface area contributed by atoms with E-state index < -0.39 is 0 Å². The van der Waals surface area contributed by atoms with Crippen molar-refractivity contribution in [3.8, 4) is 11.5 Å². The predicted molar refractivity (Wildman–Crippen MR) is 71.8 cm³/mol. The lowest BCUT2D eigenvalue weighted by molar-refractivity contribution is 0.237. The first kappa shape index (κ1) is 13.6. The van der Waals surface area contributed by atoms with Crippen molar-refractivity contribution in [2.24, 2.45) is 5.73 Å². The van der Waals surface area contributed by atoms with Gasteiger partial charge >= 0.3 is 0 Å². The van der Waals surface area contributed by atoms with Crippen molar-refractivity contribution in [2.45, 2.75) is 24.7 Å². The number of hydrogen-bond donors (Lipinski definition) is 1. The van der Waals surface area contributed by atoms with Gasteiger partial charge in [-0.3, -0.25) is 0 Å². The van der Waals surface area contributed by atoms with Gasteiger partial charge in [-0.1, -0.05) is 6.42 Å². The third kappa shape index (κ3) is 1.89. The van der Waals surface area contributed by atoms with Gasteiger partial charge in [0.15, 0.2) is 11.5 Å². The number of methoxy groups -OCH3 is 2. The second kappa shape index (κ2) is 5.05. The van der Waals surface area contributed by atoms with E-state index in [0.29, 0.717) is 22.5 Å². The molecule has 18 heavy (non-hydrogen) atoms. The SMILES string of the molecule is COc1cc(F)c(Br)c(C2(CN)CCC2)c1OC. The lowest BCUT2D eigenvalue weighted by Crippen LogP contribution is -2.42. The molecule has 0 heterocycles. The average Bonchev–Trinajstić information content (AvgIpc) is 2.33. The normalized spacial score (nSPS) is 17.2. The summed E-state index contributed by atoms with van der Waals surface area (Å²) in [4.78, 5) is 0. The van der Waals surface area contributed by atoms with E-state index in [-0.39, 0.29) is 11.2 Å². The maximum Gasteiger partial charge on any atom is 0.165 e. The van der Waals surface area contributed by atoms with E-state index in [0.717, 1.165) is 24.8 Å². The van der Waals surface area contributed by atoms with Gasteiger partial charge in [-0.15, -0.1) is 0 Å². The summed E-state index contributed by atoms with van der Waals surface area (Å²) >= 11 is 3.32. The van der Waals surface area contributed by atoms with Gasteiger partial charge in [-0.05, 0) is 28.8 Å². The fraction of sp³-hybridized carbons (Fsp3) is 0.538. The van der Waals surface area contributed by atoms with E-state index >= 15 is 0 Å². The number of halogens is 2. The van der Waals surface area contributed by atoms with Gasteiger partial charge in [0.25, 0.3) is 0 Å². The molecule has 1 aliphatic carbocycles. The number of benzene rings is 1. The second-order valence-electron chi connectivity index (χ2n) is 4.62. The summed E-state index contributed by atoms with van der Waals surface area (Å²) in [5.74, 6) is 0.645. The molecule has 0 spiro atoms. The molecule has 100 valence electrons. The predicted octanol–water partition coefficient (Wildman–Crippen LogP) is 2.99. The van der Waals surface area contributed by atoms with E-state index in [1.807, 2.05) is 0 Å². The van der Waals surface area contributed by atoms with Crippen LogP contribution in [0.2, 0.25) is 0 Å². The summed E-state index contributed by atoms with van der Waals surface area (Å²) in [6.07, 6.45) is 3.00. The molecule has 0 bridgehead atoms. The van der Waals surface area contributed by atoms with Crippen LogP contribution in [0.3, 0.4) is 0 Å². The molecule has 0 atom stereocenters. The Hall–Kier alpha value is -0.810. The molecule has 2 N–H and O–H groups in total. The molecule has 0 saturated heterocycles. The van der Waals surface area contributed by atoms with E-state index in [1.165, 1.54) is 13.2 Å². The Balaban J connectivity index is 2.66. The summed E-state index contributed by atoms with van der Waals surface area (Å²) in [6.45, 7) is 0.481. The van der Waals surface area contributed by atoms with Gasteiger partial charge in [-0.2, -0.15) is 0 Å². The van der Waals surface area contributed by atoms with Crippen LogP contribution in [0.15, 0.2) is 10.5 Å². The van der Waals surface area contributed by atoms with Crippen LogP contribution in [0.25, 0.3) is 0 Å². The Morgan fingerprint density at radius 3 is 2.44 bits per heavy atom. The Kier molecular flexibility index (Phi) is 3.82. The van der Waals surface area contributed by atoms with Crippen LogP contribution >= 0.6 is 15.9 Å². The topological polar surface area (TPSA) is 44.5 Å². The maximum absolute atomic E-state index is 13.9. The monoisotopic (exact) mass is 317 g/mol. The van der Waals surface area contributed by atoms with Gasteiger partial charge < -0.3 is 15.2 Å². The number of hydrogen-bond acceptors (Lipinski definition) is 3. The summed E-state index contributed by atoms with van der Waals surface area (Å²) < 4.78 is 25.0. The van der Waals surface area contributed by atoms with E-state index in [2.05, 4.69) is 15.9 Å². The third-order valence-electron chi connectivity index (χ3n) is 3.79. The maximum atomic E-state index is 13.9. The van der Waals surface area contributed by atoms with Crippen LogP contribution in [-0.2, 0) is 5.41 Å². The molecule has 1 aromatic carbocycles. The largest absolute Gasteiger partial charge is 0.493 e. The van der Waals surface area contributed by atoms with E-state index in [4.69, 9.17) is 15.2 Å². The first-order valence-corrected chi connectivity index (χ1v) is 6.69. The molecule has 0 amide bonds. The smallest absolute Gasteiger partial charge is 0.165 e. The van der Waals surface area contributed by atoms with Crippen molar-refractivity contribution in [3.63, 3.8) is 0 Å². The highest BCUT2D eigenvalue weighted by atomic mass is 79.9. The van der Waals surface area contributed by atoms with Gasteiger partial charge in [0.2, 0.25) is 0 Å². The Morgan fingerprint density at radius 1 is 1.39 bits per heavy atom. The molecule has 1 saturated carbocycles. The van der Waals surface area contributed by atoms with Crippen LogP contribution in [0.4, 0.5) is 4.39 Å². The highest BCUT2D eigenvalue weighted by molar-refractivity contribution is 9.10. The number of ether oxygens (including phenoxy) is 2. The molecule has 0 aromatic heterocycles. The fourth-order valence-electron chi connectivity index (χ4n) is 2.57. The minimum absolute atomic E-state index is 0.195. The van der Waals surface area contributed by atoms with Crippen LogP contribution in [0.1, 0.15) is 24.8 Å². The van der Waals surface area contributed by atoms with Gasteiger partial charge in [0.1, 0.15) is 5.82 Å². The molecule has 0 unspecified atom stereocenters. The lowest BCUT2D eigenvalue weighted by Gasteiger charge is -2.42. The van der Waals surface area contributed by atoms with Gasteiger partial charge in [-0.25, -0.2) is 4.39 Å². The quantitative estimate of drug-likeness (QED) is 0.928. The summed E-state index contributed by atoms with van der Waals surface area (Å²) in [5, 5.41) is 0. The summed E-state index contributed by atoms with van der Waals surface area (Å²) in [7, 11) is 3.07. The molecule has 1 aliphatic rings. The standard InChI is InChI=1S/C13H17BrFNO2/c1-17-9-6-8(15)11(14)10(12(9)18-2)13(7-16)4-3-5-13/h6H,3-5,7,16H2,1-2H3. The van der Waals surface area contributed by atoms with Crippen LogP contribution in [0.5, 0.6) is 11.5 Å². The Bertz CT molecular complexity index is 455. The van der Waals surface area contributed by atoms with Crippen LogP contribution < -0.4 is 15.2 Å². The molecule has 1 aromatic rings. The Morgan fingerprint density at radius 2 is 2.06 bits per heavy atom. The van der Waals surface area contributed by atoms with Crippen molar-refractivity contribution in [1.82, 2.24) is 0 Å². The lowest BCUT2D eigenvalue weighted by atomic mass is 9.64. The minimum atomic E-state index is -0.345. The molecular weight excluding hydrogens is 301 g/mol. The zero-order chi connectivity index (χ0) is 13.3. The molecule has 2 rings (SSSR count). The first-order chi connectivity index (χ1) is 8.59. The molecule has 0 radical (unpaired) electrons. The van der Waals surface area contributed by atoms with E-state index in [9.17, 15) is 4.39 Å². The molecule has 5 heteroatoms. The third-order valence-corrected chi connectivity index (χ3v) is 4.57. The first-order valence-electron chi connectivity index (χ1n) is 5.90. The van der Waals surface area contributed by atoms with Gasteiger partial charge in [0.05, 0.1) is 18.7 Å². The van der Waals surface area contributed by atoms with Crippen LogP contribution in [-0.4, -0.2) is 20.8 Å². The fourth-order valence-corrected chi connectivity index (χ4v) is 3.29. The highest BCUT2D eigenvalue weighted by Gasteiger charge is 2.42. The number of nitrogens with two attached hydrogens (primary N) is 1. The summed E-state index contributed by atoms with van der Waals surface area (Å²) in [5.41, 5.74) is 6.50. The second-order valence-corrected chi connectivity index (χ2v) is 5.41. The zero-order valence-corrected chi connectivity index (χ0v) is 12.1. The molecular formula is C13H17BrFNO2. The average molecular weight is 318 g/mol. The zero-order valence-electron chi connectivity index (χ0n) is 10.6. The molecule has 0 aliphatic heterocycles.